The van der Waals surface area contributed by atoms with E-state index in [-0.39, 0.29) is 24.0 Å². The number of guanidine groups is 1. The van der Waals surface area contributed by atoms with Crippen molar-refractivity contribution in [3.63, 3.8) is 0 Å². The Morgan fingerprint density at radius 2 is 2.32 bits per heavy atom. The standard InChI is InChI=1S/C15H27N5S.HI/c1-5-16-14(20-8-6-7-12(2)10-20)17-9-13-11-21-15(18-13)19(3)4;/h11-12H,5-10H2,1-4H3,(H,16,17);1H. The Balaban J connectivity index is 0.00000242. The van der Waals surface area contributed by atoms with Crippen LogP contribution >= 0.6 is 35.3 Å². The summed E-state index contributed by atoms with van der Waals surface area (Å²) in [7, 11) is 4.04. The first-order valence-corrected chi connectivity index (χ1v) is 8.63. The van der Waals surface area contributed by atoms with Crippen molar-refractivity contribution in [1.29, 1.82) is 0 Å². The lowest BCUT2D eigenvalue weighted by Crippen LogP contribution is -2.46. The quantitative estimate of drug-likeness (QED) is 0.447. The Hall–Kier alpha value is -0.570. The first-order valence-electron chi connectivity index (χ1n) is 7.75. The van der Waals surface area contributed by atoms with Gasteiger partial charge in [-0.15, -0.1) is 35.3 Å². The van der Waals surface area contributed by atoms with Crippen molar-refractivity contribution < 1.29 is 0 Å². The van der Waals surface area contributed by atoms with E-state index in [0.717, 1.165) is 42.3 Å². The fraction of sp³-hybridized carbons (Fsp3) is 0.733. The van der Waals surface area contributed by atoms with Gasteiger partial charge in [0, 0.05) is 39.1 Å². The van der Waals surface area contributed by atoms with E-state index in [0.29, 0.717) is 6.54 Å². The zero-order valence-electron chi connectivity index (χ0n) is 14.0. The minimum atomic E-state index is 0. The summed E-state index contributed by atoms with van der Waals surface area (Å²) in [4.78, 5) is 13.8. The van der Waals surface area contributed by atoms with Gasteiger partial charge in [-0.3, -0.25) is 0 Å². The molecule has 7 heteroatoms. The number of thiazole rings is 1. The summed E-state index contributed by atoms with van der Waals surface area (Å²) in [6.07, 6.45) is 2.58. The van der Waals surface area contributed by atoms with Gasteiger partial charge in [0.15, 0.2) is 11.1 Å². The fourth-order valence-corrected chi connectivity index (χ4v) is 3.29. The van der Waals surface area contributed by atoms with Gasteiger partial charge in [0.2, 0.25) is 0 Å². The van der Waals surface area contributed by atoms with Crippen LogP contribution in [-0.2, 0) is 6.54 Å². The lowest BCUT2D eigenvalue weighted by atomic mass is 10.0. The highest BCUT2D eigenvalue weighted by molar-refractivity contribution is 14.0. The Morgan fingerprint density at radius 1 is 1.55 bits per heavy atom. The van der Waals surface area contributed by atoms with Crippen LogP contribution < -0.4 is 10.2 Å². The Labute approximate surface area is 155 Å². The Kier molecular flexibility index (Phi) is 8.45. The molecule has 5 nitrogen and oxygen atoms in total. The third-order valence-electron chi connectivity index (χ3n) is 3.60. The number of piperidine rings is 1. The minimum absolute atomic E-state index is 0. The second-order valence-corrected chi connectivity index (χ2v) is 6.72. The molecular weight excluding hydrogens is 409 g/mol. The maximum atomic E-state index is 4.77. The summed E-state index contributed by atoms with van der Waals surface area (Å²) in [5.41, 5.74) is 1.05. The number of anilines is 1. The molecule has 1 aromatic rings. The highest BCUT2D eigenvalue weighted by Gasteiger charge is 2.19. The van der Waals surface area contributed by atoms with Gasteiger partial charge in [-0.25, -0.2) is 9.98 Å². The zero-order valence-corrected chi connectivity index (χ0v) is 17.1. The third kappa shape index (κ3) is 5.57. The maximum Gasteiger partial charge on any atom is 0.194 e. The number of rotatable bonds is 4. The number of hydrogen-bond acceptors (Lipinski definition) is 4. The summed E-state index contributed by atoms with van der Waals surface area (Å²) >= 11 is 1.67. The second kappa shape index (κ2) is 9.54. The van der Waals surface area contributed by atoms with Crippen molar-refractivity contribution in [3.8, 4) is 0 Å². The van der Waals surface area contributed by atoms with Crippen LogP contribution in [0.1, 0.15) is 32.4 Å². The summed E-state index contributed by atoms with van der Waals surface area (Å²) in [6.45, 7) is 8.21. The van der Waals surface area contributed by atoms with Crippen LogP contribution in [0.25, 0.3) is 0 Å². The SMILES string of the molecule is CCNC(=NCc1csc(N(C)C)n1)N1CCCC(C)C1.I. The summed E-state index contributed by atoms with van der Waals surface area (Å²) in [6, 6.07) is 0. The largest absolute Gasteiger partial charge is 0.357 e. The van der Waals surface area contributed by atoms with E-state index in [1.54, 1.807) is 11.3 Å². The van der Waals surface area contributed by atoms with Crippen molar-refractivity contribution in [1.82, 2.24) is 15.2 Å². The van der Waals surface area contributed by atoms with Gasteiger partial charge < -0.3 is 15.1 Å². The van der Waals surface area contributed by atoms with Crippen molar-refractivity contribution in [2.45, 2.75) is 33.2 Å². The molecule has 126 valence electrons. The molecule has 2 heterocycles. The van der Waals surface area contributed by atoms with E-state index < -0.39 is 0 Å². The normalized spacial score (nSPS) is 18.8. The zero-order chi connectivity index (χ0) is 15.2. The van der Waals surface area contributed by atoms with Crippen LogP contribution in [0.4, 0.5) is 5.13 Å². The Morgan fingerprint density at radius 3 is 2.91 bits per heavy atom. The van der Waals surface area contributed by atoms with Crippen molar-refractivity contribution in [3.05, 3.63) is 11.1 Å². The third-order valence-corrected chi connectivity index (χ3v) is 4.66. The van der Waals surface area contributed by atoms with Crippen LogP contribution in [0.15, 0.2) is 10.4 Å². The second-order valence-electron chi connectivity index (χ2n) is 5.88. The predicted octanol–water partition coefficient (Wildman–Crippen LogP) is 3.02. The van der Waals surface area contributed by atoms with Gasteiger partial charge in [0.05, 0.1) is 12.2 Å². The van der Waals surface area contributed by atoms with Gasteiger partial charge in [-0.05, 0) is 25.7 Å². The van der Waals surface area contributed by atoms with Gasteiger partial charge >= 0.3 is 0 Å². The molecule has 22 heavy (non-hydrogen) atoms. The molecule has 2 rings (SSSR count). The van der Waals surface area contributed by atoms with Gasteiger partial charge in [-0.2, -0.15) is 0 Å². The van der Waals surface area contributed by atoms with Crippen LogP contribution in [-0.4, -0.2) is 49.6 Å². The van der Waals surface area contributed by atoms with Crippen molar-refractivity contribution in [2.24, 2.45) is 10.9 Å². The van der Waals surface area contributed by atoms with E-state index in [4.69, 9.17) is 4.99 Å². The number of aliphatic imine (C=N–C) groups is 1. The molecule has 1 N–H and O–H groups in total. The lowest BCUT2D eigenvalue weighted by Gasteiger charge is -2.33. The summed E-state index contributed by atoms with van der Waals surface area (Å²) < 4.78 is 0. The van der Waals surface area contributed by atoms with Gasteiger partial charge in [-0.1, -0.05) is 6.92 Å². The van der Waals surface area contributed by atoms with Gasteiger partial charge in [0.1, 0.15) is 0 Å². The molecule has 0 aromatic carbocycles. The number of halogens is 1. The summed E-state index contributed by atoms with van der Waals surface area (Å²) in [5, 5.41) is 6.55. The number of aromatic nitrogens is 1. The minimum Gasteiger partial charge on any atom is -0.357 e. The van der Waals surface area contributed by atoms with E-state index in [9.17, 15) is 0 Å². The molecule has 0 spiro atoms. The van der Waals surface area contributed by atoms with E-state index in [1.807, 2.05) is 19.0 Å². The Bertz CT molecular complexity index is 474. The average molecular weight is 437 g/mol. The molecule has 0 bridgehead atoms. The lowest BCUT2D eigenvalue weighted by molar-refractivity contribution is 0.266. The first kappa shape index (κ1) is 19.5. The molecule has 1 aromatic heterocycles. The number of nitrogens with one attached hydrogen (secondary N) is 1. The molecule has 1 fully saturated rings. The van der Waals surface area contributed by atoms with Crippen LogP contribution in [0.5, 0.6) is 0 Å². The summed E-state index contributed by atoms with van der Waals surface area (Å²) in [5.74, 6) is 1.78. The number of hydrogen-bond donors (Lipinski definition) is 1. The molecule has 1 aliphatic rings. The van der Waals surface area contributed by atoms with E-state index in [1.165, 1.54) is 12.8 Å². The smallest absolute Gasteiger partial charge is 0.194 e. The van der Waals surface area contributed by atoms with Crippen molar-refractivity contribution >= 4 is 46.4 Å². The molecule has 0 aliphatic carbocycles. The van der Waals surface area contributed by atoms with E-state index >= 15 is 0 Å². The maximum absolute atomic E-state index is 4.77. The highest BCUT2D eigenvalue weighted by atomic mass is 127. The molecule has 1 unspecified atom stereocenters. The average Bonchev–Trinajstić information content (AvgIpc) is 2.92. The van der Waals surface area contributed by atoms with Crippen LogP contribution in [0, 0.1) is 5.92 Å². The van der Waals surface area contributed by atoms with Crippen LogP contribution in [0.3, 0.4) is 0 Å². The molecule has 1 atom stereocenters. The fourth-order valence-electron chi connectivity index (χ4n) is 2.54. The van der Waals surface area contributed by atoms with Crippen LogP contribution in [0.2, 0.25) is 0 Å². The number of nitrogens with zero attached hydrogens (tertiary/aromatic N) is 4. The van der Waals surface area contributed by atoms with Crippen molar-refractivity contribution in [2.75, 3.05) is 38.6 Å². The molecule has 1 aliphatic heterocycles. The van der Waals surface area contributed by atoms with Gasteiger partial charge in [0.25, 0.3) is 0 Å². The van der Waals surface area contributed by atoms with E-state index in [2.05, 4.69) is 34.4 Å². The number of likely N-dealkylation sites (tertiary alicyclic amines) is 1. The molecule has 1 saturated heterocycles. The molecule has 0 saturated carbocycles. The highest BCUT2D eigenvalue weighted by Crippen LogP contribution is 2.19. The topological polar surface area (TPSA) is 43.8 Å². The first-order chi connectivity index (χ1) is 10.1. The predicted molar refractivity (Wildman–Crippen MR) is 107 cm³/mol. The molecular formula is C15H28IN5S. The molecule has 0 amide bonds. The molecule has 0 radical (unpaired) electrons. The monoisotopic (exact) mass is 437 g/mol.